The molecule has 2 aromatic rings. The van der Waals surface area contributed by atoms with Crippen LogP contribution in [0.15, 0.2) is 5.03 Å². The second-order valence-corrected chi connectivity index (χ2v) is 9.67. The summed E-state index contributed by atoms with van der Waals surface area (Å²) in [5, 5.41) is 23.5. The van der Waals surface area contributed by atoms with E-state index in [1.807, 2.05) is 6.92 Å². The molecule has 2 aliphatic carbocycles. The number of carbonyl (C=O) groups excluding carboxylic acids is 1. The van der Waals surface area contributed by atoms with Gasteiger partial charge in [0.1, 0.15) is 22.2 Å². The van der Waals surface area contributed by atoms with Crippen molar-refractivity contribution in [3.63, 3.8) is 0 Å². The number of aromatic nitrogens is 1. The number of hydrogen-bond acceptors (Lipinski definition) is 6. The zero-order valence-electron chi connectivity index (χ0n) is 16.4. The molecular formula is C22H22N4OS2. The van der Waals surface area contributed by atoms with Crippen molar-refractivity contribution in [3.8, 4) is 12.1 Å². The maximum atomic E-state index is 12.5. The van der Waals surface area contributed by atoms with Crippen LogP contribution in [-0.4, -0.2) is 16.6 Å². The lowest BCUT2D eigenvalue weighted by molar-refractivity contribution is -0.115. The summed E-state index contributed by atoms with van der Waals surface area (Å²) in [5.74, 6) is 0.461. The molecule has 5 nitrogen and oxygen atoms in total. The van der Waals surface area contributed by atoms with Crippen LogP contribution >= 0.6 is 23.1 Å². The average Bonchev–Trinajstić information content (AvgIpc) is 3.32. The van der Waals surface area contributed by atoms with E-state index in [4.69, 9.17) is 4.98 Å². The highest BCUT2D eigenvalue weighted by Crippen LogP contribution is 2.38. The molecule has 0 fully saturated rings. The first-order valence-corrected chi connectivity index (χ1v) is 11.8. The number of carbonyl (C=O) groups is 1. The maximum absolute atomic E-state index is 12.5. The molecule has 2 aliphatic rings. The number of pyridine rings is 1. The highest BCUT2D eigenvalue weighted by molar-refractivity contribution is 7.99. The van der Waals surface area contributed by atoms with Crippen molar-refractivity contribution in [3.05, 3.63) is 38.4 Å². The molecule has 29 heavy (non-hydrogen) atoms. The molecule has 0 aliphatic heterocycles. The van der Waals surface area contributed by atoms with Crippen molar-refractivity contribution < 1.29 is 4.79 Å². The Bertz CT molecular complexity index is 1060. The van der Waals surface area contributed by atoms with E-state index in [0.717, 1.165) is 66.8 Å². The third-order valence-electron chi connectivity index (χ3n) is 5.68. The van der Waals surface area contributed by atoms with Crippen LogP contribution in [0.3, 0.4) is 0 Å². The fourth-order valence-corrected chi connectivity index (χ4v) is 6.44. The lowest BCUT2D eigenvalue weighted by Gasteiger charge is -2.11. The minimum Gasteiger partial charge on any atom is -0.317 e. The van der Waals surface area contributed by atoms with E-state index in [9.17, 15) is 15.3 Å². The minimum atomic E-state index is -0.0935. The zero-order chi connectivity index (χ0) is 20.4. The minimum absolute atomic E-state index is 0.0935. The number of aryl methyl sites for hydroxylation is 2. The second kappa shape index (κ2) is 8.57. The van der Waals surface area contributed by atoms with Crippen molar-refractivity contribution in [2.24, 2.45) is 0 Å². The summed E-state index contributed by atoms with van der Waals surface area (Å²) in [4.78, 5) is 18.4. The number of thioether (sulfide) groups is 1. The largest absolute Gasteiger partial charge is 0.317 e. The normalized spacial score (nSPS) is 14.6. The topological polar surface area (TPSA) is 89.6 Å². The molecule has 0 unspecified atom stereocenters. The summed E-state index contributed by atoms with van der Waals surface area (Å²) >= 11 is 3.02. The number of nitrogens with zero attached hydrogens (tertiary/aromatic N) is 3. The van der Waals surface area contributed by atoms with Gasteiger partial charge in [-0.1, -0.05) is 0 Å². The molecule has 7 heteroatoms. The van der Waals surface area contributed by atoms with E-state index >= 15 is 0 Å². The van der Waals surface area contributed by atoms with Gasteiger partial charge in [0.25, 0.3) is 0 Å². The molecule has 0 spiro atoms. The lowest BCUT2D eigenvalue weighted by atomic mass is 9.96. The highest BCUT2D eigenvalue weighted by Gasteiger charge is 2.23. The summed E-state index contributed by atoms with van der Waals surface area (Å²) in [7, 11) is 0. The first kappa shape index (κ1) is 19.9. The van der Waals surface area contributed by atoms with E-state index in [2.05, 4.69) is 17.5 Å². The van der Waals surface area contributed by atoms with Gasteiger partial charge in [-0.25, -0.2) is 4.98 Å². The molecule has 1 N–H and O–H groups in total. The average molecular weight is 423 g/mol. The van der Waals surface area contributed by atoms with Crippen molar-refractivity contribution in [1.82, 2.24) is 4.98 Å². The first-order chi connectivity index (χ1) is 14.1. The summed E-state index contributed by atoms with van der Waals surface area (Å²) in [6.45, 7) is 2.00. The number of hydrogen-bond donors (Lipinski definition) is 1. The summed E-state index contributed by atoms with van der Waals surface area (Å²) in [5.41, 5.74) is 5.81. The molecule has 4 rings (SSSR count). The number of anilines is 1. The van der Waals surface area contributed by atoms with Crippen LogP contribution in [0.5, 0.6) is 0 Å². The van der Waals surface area contributed by atoms with Crippen LogP contribution < -0.4 is 5.32 Å². The maximum Gasteiger partial charge on any atom is 0.225 e. The Hall–Kier alpha value is -2.35. The fourth-order valence-electron chi connectivity index (χ4n) is 4.18. The predicted molar refractivity (Wildman–Crippen MR) is 115 cm³/mol. The standard InChI is InChI=1S/C22H22N4OS2/c1-13-14-6-4-7-18(14)25-21(16(13)11-23)28-10-9-20(27)26-22-17(12-24)15-5-2-3-8-19(15)29-22/h2-10H2,1H3,(H,26,27). The van der Waals surface area contributed by atoms with Crippen molar-refractivity contribution in [2.75, 3.05) is 11.1 Å². The van der Waals surface area contributed by atoms with Gasteiger partial charge < -0.3 is 5.32 Å². The molecule has 0 saturated carbocycles. The Labute approximate surface area is 179 Å². The Morgan fingerprint density at radius 1 is 1.10 bits per heavy atom. The van der Waals surface area contributed by atoms with Gasteiger partial charge in [-0.2, -0.15) is 10.5 Å². The van der Waals surface area contributed by atoms with E-state index in [0.29, 0.717) is 28.3 Å². The molecule has 0 saturated heterocycles. The smallest absolute Gasteiger partial charge is 0.225 e. The number of fused-ring (bicyclic) bond motifs is 2. The Morgan fingerprint density at radius 3 is 2.66 bits per heavy atom. The van der Waals surface area contributed by atoms with E-state index in [-0.39, 0.29) is 5.91 Å². The van der Waals surface area contributed by atoms with Crippen LogP contribution in [0.4, 0.5) is 5.00 Å². The molecule has 0 aromatic carbocycles. The highest BCUT2D eigenvalue weighted by atomic mass is 32.2. The SMILES string of the molecule is Cc1c(C#N)c(SCCC(=O)Nc2sc3c(c2C#N)CCCC3)nc2c1CCC2. The van der Waals surface area contributed by atoms with Gasteiger partial charge in [-0.05, 0) is 68.6 Å². The fraction of sp³-hybridized carbons (Fsp3) is 0.455. The second-order valence-electron chi connectivity index (χ2n) is 7.48. The quantitative estimate of drug-likeness (QED) is 0.707. The van der Waals surface area contributed by atoms with Crippen LogP contribution in [-0.2, 0) is 30.5 Å². The van der Waals surface area contributed by atoms with Crippen LogP contribution in [0, 0.1) is 29.6 Å². The van der Waals surface area contributed by atoms with E-state index in [1.165, 1.54) is 22.2 Å². The Balaban J connectivity index is 1.41. The van der Waals surface area contributed by atoms with Crippen molar-refractivity contribution in [1.29, 1.82) is 10.5 Å². The van der Waals surface area contributed by atoms with Gasteiger partial charge in [-0.3, -0.25) is 4.79 Å². The Kier molecular flexibility index (Phi) is 5.89. The van der Waals surface area contributed by atoms with Crippen LogP contribution in [0.1, 0.15) is 64.1 Å². The predicted octanol–water partition coefficient (Wildman–Crippen LogP) is 4.68. The van der Waals surface area contributed by atoms with Gasteiger partial charge in [0.15, 0.2) is 0 Å². The van der Waals surface area contributed by atoms with E-state index < -0.39 is 0 Å². The lowest BCUT2D eigenvalue weighted by Crippen LogP contribution is -2.12. The van der Waals surface area contributed by atoms with Gasteiger partial charge in [0.2, 0.25) is 5.91 Å². The zero-order valence-corrected chi connectivity index (χ0v) is 18.1. The Morgan fingerprint density at radius 2 is 1.86 bits per heavy atom. The molecule has 2 aromatic heterocycles. The monoisotopic (exact) mass is 422 g/mol. The number of nitriles is 2. The first-order valence-electron chi connectivity index (χ1n) is 10.0. The number of rotatable bonds is 5. The molecule has 1 amide bonds. The third kappa shape index (κ3) is 3.90. The van der Waals surface area contributed by atoms with Gasteiger partial charge in [0.05, 0.1) is 11.1 Å². The molecule has 0 atom stereocenters. The third-order valence-corrected chi connectivity index (χ3v) is 7.87. The van der Waals surface area contributed by atoms with Crippen LogP contribution in [0.2, 0.25) is 0 Å². The van der Waals surface area contributed by atoms with Crippen molar-refractivity contribution >= 4 is 34.0 Å². The molecule has 148 valence electrons. The number of nitrogens with one attached hydrogen (secondary N) is 1. The van der Waals surface area contributed by atoms with Gasteiger partial charge in [-0.15, -0.1) is 23.1 Å². The van der Waals surface area contributed by atoms with Crippen molar-refractivity contribution in [2.45, 2.75) is 63.3 Å². The summed E-state index contributed by atoms with van der Waals surface area (Å²) in [6.07, 6.45) is 7.57. The van der Waals surface area contributed by atoms with Gasteiger partial charge >= 0.3 is 0 Å². The number of thiophene rings is 1. The molecule has 0 bridgehead atoms. The molecule has 2 heterocycles. The van der Waals surface area contributed by atoms with E-state index in [1.54, 1.807) is 11.3 Å². The van der Waals surface area contributed by atoms with Crippen LogP contribution in [0.25, 0.3) is 0 Å². The number of amides is 1. The summed E-state index contributed by atoms with van der Waals surface area (Å²) < 4.78 is 0. The molecule has 0 radical (unpaired) electrons. The molecular weight excluding hydrogens is 400 g/mol. The van der Waals surface area contributed by atoms with Gasteiger partial charge in [0, 0.05) is 22.7 Å². The summed E-state index contributed by atoms with van der Waals surface area (Å²) in [6, 6.07) is 4.58.